The average molecular weight is 489 g/mol. The highest BCUT2D eigenvalue weighted by Crippen LogP contribution is 2.55. The van der Waals surface area contributed by atoms with Crippen LogP contribution in [0.25, 0.3) is 0 Å². The molecule has 0 bridgehead atoms. The molecule has 5 rings (SSSR count). The second-order valence-electron chi connectivity index (χ2n) is 9.56. The molecule has 2 N–H and O–H groups in total. The molecule has 2 aromatic carbocycles. The van der Waals surface area contributed by atoms with Crippen molar-refractivity contribution in [2.45, 2.75) is 43.4 Å². The summed E-state index contributed by atoms with van der Waals surface area (Å²) in [6, 6.07) is 6.91. The number of sulfonamides is 1. The fourth-order valence-corrected chi connectivity index (χ4v) is 6.64. The third-order valence-corrected chi connectivity index (χ3v) is 8.85. The number of rotatable bonds is 7. The second kappa shape index (κ2) is 8.85. The molecule has 0 amide bonds. The minimum Gasteiger partial charge on any atom is -0.492 e. The van der Waals surface area contributed by atoms with Crippen molar-refractivity contribution in [3.8, 4) is 5.75 Å². The highest BCUT2D eigenvalue weighted by atomic mass is 32.2. The molecule has 0 unspecified atom stereocenters. The van der Waals surface area contributed by atoms with E-state index >= 15 is 0 Å². The van der Waals surface area contributed by atoms with Crippen LogP contribution < -0.4 is 9.46 Å². The molecule has 2 heterocycles. The molecule has 1 saturated heterocycles. The Kier molecular flexibility index (Phi) is 6.02. The number of anilines is 1. The molecule has 2 aliphatic heterocycles. The van der Waals surface area contributed by atoms with Crippen molar-refractivity contribution in [1.29, 1.82) is 0 Å². The number of nitrogens with one attached hydrogen (secondary N) is 1. The summed E-state index contributed by atoms with van der Waals surface area (Å²) in [6.45, 7) is 5.41. The summed E-state index contributed by atoms with van der Waals surface area (Å²) in [7, 11) is -4.16. The van der Waals surface area contributed by atoms with E-state index in [0.717, 1.165) is 50.5 Å². The van der Waals surface area contributed by atoms with Gasteiger partial charge in [-0.15, -0.1) is 0 Å². The maximum atomic E-state index is 14.1. The number of carboxylic acid groups (broad SMARTS) is 1. The third-order valence-electron chi connectivity index (χ3n) is 7.39. The van der Waals surface area contributed by atoms with Crippen LogP contribution in [-0.4, -0.2) is 50.6 Å². The van der Waals surface area contributed by atoms with Crippen molar-refractivity contribution in [3.63, 3.8) is 0 Å². The van der Waals surface area contributed by atoms with Crippen molar-refractivity contribution in [3.05, 3.63) is 52.8 Å². The molecule has 0 aromatic heterocycles. The lowest BCUT2D eigenvalue weighted by Crippen LogP contribution is -2.34. The van der Waals surface area contributed by atoms with Gasteiger partial charge in [0.25, 0.3) is 10.0 Å². The number of hydrogen-bond acceptors (Lipinski definition) is 5. The first-order valence-electron chi connectivity index (χ1n) is 11.8. The summed E-state index contributed by atoms with van der Waals surface area (Å²) in [6.07, 6.45) is 3.25. The van der Waals surface area contributed by atoms with Crippen LogP contribution in [0.1, 0.15) is 53.6 Å². The van der Waals surface area contributed by atoms with Gasteiger partial charge in [0.2, 0.25) is 0 Å². The molecule has 9 heteroatoms. The number of carboxylic acids is 1. The first-order chi connectivity index (χ1) is 16.3. The number of hydrogen-bond donors (Lipinski definition) is 2. The molecule has 7 nitrogen and oxygen atoms in total. The Bertz CT molecular complexity index is 1220. The Hall–Kier alpha value is -2.65. The van der Waals surface area contributed by atoms with Crippen LogP contribution in [0.15, 0.2) is 35.2 Å². The maximum Gasteiger partial charge on any atom is 0.341 e. The molecule has 34 heavy (non-hydrogen) atoms. The van der Waals surface area contributed by atoms with Crippen molar-refractivity contribution < 1.29 is 27.4 Å². The van der Waals surface area contributed by atoms with Crippen LogP contribution in [0, 0.1) is 17.7 Å². The van der Waals surface area contributed by atoms with Crippen LogP contribution >= 0.6 is 0 Å². The first-order valence-corrected chi connectivity index (χ1v) is 13.3. The number of piperidine rings is 1. The second-order valence-corrected chi connectivity index (χ2v) is 11.2. The van der Waals surface area contributed by atoms with Gasteiger partial charge in [-0.25, -0.2) is 17.6 Å². The first kappa shape index (κ1) is 23.1. The van der Waals surface area contributed by atoms with E-state index in [1.54, 1.807) is 6.07 Å². The SMILES string of the molecule is CCN1CCC(Cc2cc(F)ccc2S(=O)(=O)Nc2ccc3c(c2C(=O)O)OC[C@H]2C[C@@H]32)CC1. The number of halogens is 1. The molecule has 2 atom stereocenters. The standard InChI is InChI=1S/C25H29FN2O5S/c1-2-28-9-7-15(8-10-28)11-16-12-18(26)3-6-22(16)34(31,32)27-21-5-4-19-20-13-17(20)14-33-24(19)23(21)25(29)30/h3-6,12,15,17,20,27H,2,7-11,13-14H2,1H3,(H,29,30)/t17-,20-/m1/s1. The largest absolute Gasteiger partial charge is 0.492 e. The highest BCUT2D eigenvalue weighted by molar-refractivity contribution is 7.92. The Labute approximate surface area is 199 Å². The molecule has 1 saturated carbocycles. The highest BCUT2D eigenvalue weighted by Gasteiger charge is 2.45. The van der Waals surface area contributed by atoms with E-state index in [-0.39, 0.29) is 33.7 Å². The van der Waals surface area contributed by atoms with Crippen LogP contribution in [0.5, 0.6) is 5.75 Å². The van der Waals surface area contributed by atoms with Crippen molar-refractivity contribution in [2.75, 3.05) is 31.0 Å². The van der Waals surface area contributed by atoms with Crippen molar-refractivity contribution >= 4 is 21.7 Å². The molecule has 2 fully saturated rings. The number of fused-ring (bicyclic) bond motifs is 3. The van der Waals surface area contributed by atoms with Crippen LogP contribution in [0.2, 0.25) is 0 Å². The van der Waals surface area contributed by atoms with Gasteiger partial charge in [0.1, 0.15) is 17.1 Å². The normalized spacial score (nSPS) is 22.4. The quantitative estimate of drug-likeness (QED) is 0.609. The summed E-state index contributed by atoms with van der Waals surface area (Å²) < 4.78 is 49.1. The molecular formula is C25H29FN2O5S. The van der Waals surface area contributed by atoms with Gasteiger partial charge in [0.15, 0.2) is 0 Å². The van der Waals surface area contributed by atoms with Gasteiger partial charge in [-0.2, -0.15) is 0 Å². The van der Waals surface area contributed by atoms with Gasteiger partial charge in [0.05, 0.1) is 17.2 Å². The van der Waals surface area contributed by atoms with Gasteiger partial charge in [-0.05, 0) is 92.5 Å². The van der Waals surface area contributed by atoms with E-state index in [4.69, 9.17) is 4.74 Å². The zero-order valence-electron chi connectivity index (χ0n) is 19.1. The average Bonchev–Trinajstić information content (AvgIpc) is 3.59. The van der Waals surface area contributed by atoms with Crippen molar-refractivity contribution in [1.82, 2.24) is 4.90 Å². The lowest BCUT2D eigenvalue weighted by atomic mass is 9.90. The Balaban J connectivity index is 1.44. The Morgan fingerprint density at radius 3 is 2.71 bits per heavy atom. The lowest BCUT2D eigenvalue weighted by molar-refractivity contribution is 0.0692. The zero-order chi connectivity index (χ0) is 24.0. The van der Waals surface area contributed by atoms with Crippen LogP contribution in [0.3, 0.4) is 0 Å². The number of benzene rings is 2. The smallest absolute Gasteiger partial charge is 0.341 e. The Morgan fingerprint density at radius 2 is 2.00 bits per heavy atom. The van der Waals surface area contributed by atoms with Crippen LogP contribution in [-0.2, 0) is 16.4 Å². The molecule has 182 valence electrons. The van der Waals surface area contributed by atoms with E-state index in [1.165, 1.54) is 18.2 Å². The summed E-state index contributed by atoms with van der Waals surface area (Å²) >= 11 is 0. The predicted octanol–water partition coefficient (Wildman–Crippen LogP) is 4.10. The van der Waals surface area contributed by atoms with Gasteiger partial charge < -0.3 is 14.7 Å². The number of likely N-dealkylation sites (tertiary alicyclic amines) is 1. The minimum atomic E-state index is -4.16. The number of ether oxygens (including phenoxy) is 1. The van der Waals surface area contributed by atoms with Crippen molar-refractivity contribution in [2.24, 2.45) is 11.8 Å². The summed E-state index contributed by atoms with van der Waals surface area (Å²) in [4.78, 5) is 14.4. The summed E-state index contributed by atoms with van der Waals surface area (Å²) in [5, 5.41) is 9.87. The topological polar surface area (TPSA) is 95.9 Å². The molecule has 1 aliphatic carbocycles. The lowest BCUT2D eigenvalue weighted by Gasteiger charge is -2.31. The van der Waals surface area contributed by atoms with E-state index in [1.807, 2.05) is 0 Å². The van der Waals surface area contributed by atoms with Gasteiger partial charge in [-0.1, -0.05) is 13.0 Å². The number of aromatic carboxylic acids is 1. The number of nitrogens with zero attached hydrogens (tertiary/aromatic N) is 1. The number of carbonyl (C=O) groups is 1. The Morgan fingerprint density at radius 1 is 1.24 bits per heavy atom. The zero-order valence-corrected chi connectivity index (χ0v) is 19.9. The van der Waals surface area contributed by atoms with Gasteiger partial charge >= 0.3 is 5.97 Å². The maximum absolute atomic E-state index is 14.1. The van der Waals surface area contributed by atoms with Gasteiger partial charge in [0, 0.05) is 5.92 Å². The van der Waals surface area contributed by atoms with Gasteiger partial charge in [-0.3, -0.25) is 4.72 Å². The molecule has 3 aliphatic rings. The van der Waals surface area contributed by atoms with E-state index < -0.39 is 21.8 Å². The molecular weight excluding hydrogens is 459 g/mol. The molecule has 0 radical (unpaired) electrons. The fourth-order valence-electron chi connectivity index (χ4n) is 5.33. The predicted molar refractivity (Wildman–Crippen MR) is 125 cm³/mol. The fraction of sp³-hybridized carbons (Fsp3) is 0.480. The summed E-state index contributed by atoms with van der Waals surface area (Å²) in [5.41, 5.74) is 1.01. The summed E-state index contributed by atoms with van der Waals surface area (Å²) in [5.74, 6) is -0.564. The molecule has 0 spiro atoms. The van der Waals surface area contributed by atoms with E-state index in [9.17, 15) is 22.7 Å². The minimum absolute atomic E-state index is 0.0240. The van der Waals surface area contributed by atoms with Crippen LogP contribution in [0.4, 0.5) is 10.1 Å². The van der Waals surface area contributed by atoms with E-state index in [0.29, 0.717) is 24.5 Å². The third kappa shape index (κ3) is 4.38. The van der Waals surface area contributed by atoms with E-state index in [2.05, 4.69) is 16.5 Å². The monoisotopic (exact) mass is 488 g/mol. The molecule has 2 aromatic rings.